The second-order valence-electron chi connectivity index (χ2n) is 3.65. The van der Waals surface area contributed by atoms with Crippen LogP contribution in [0.15, 0.2) is 0 Å². The van der Waals surface area contributed by atoms with Gasteiger partial charge >= 0.3 is 0 Å². The van der Waals surface area contributed by atoms with Gasteiger partial charge in [-0.2, -0.15) is 0 Å². The molecule has 0 aromatic rings. The highest BCUT2D eigenvalue weighted by molar-refractivity contribution is 4.72. The second-order valence-corrected chi connectivity index (χ2v) is 3.65. The first-order valence-electron chi connectivity index (χ1n) is 5.32. The minimum absolute atomic E-state index is 0.242. The molecule has 3 nitrogen and oxygen atoms in total. The maximum atomic E-state index is 8.80. The van der Waals surface area contributed by atoms with Crippen LogP contribution in [0.3, 0.4) is 0 Å². The smallest absolute Gasteiger partial charge is 0.0624 e. The molecule has 1 aliphatic carbocycles. The Balaban J connectivity index is 2.05. The van der Waals surface area contributed by atoms with Crippen LogP contribution in [0.1, 0.15) is 32.6 Å². The van der Waals surface area contributed by atoms with Gasteiger partial charge in [-0.25, -0.2) is 0 Å². The fourth-order valence-corrected chi connectivity index (χ4v) is 1.48. The summed E-state index contributed by atoms with van der Waals surface area (Å²) in [5.74, 6) is 0. The van der Waals surface area contributed by atoms with E-state index in [9.17, 15) is 0 Å². The quantitative estimate of drug-likeness (QED) is 0.622. The Kier molecular flexibility index (Phi) is 5.35. The van der Waals surface area contributed by atoms with E-state index in [4.69, 9.17) is 9.84 Å². The van der Waals surface area contributed by atoms with Gasteiger partial charge in [0, 0.05) is 12.6 Å². The maximum absolute atomic E-state index is 8.80. The summed E-state index contributed by atoms with van der Waals surface area (Å²) in [6.45, 7) is 4.01. The van der Waals surface area contributed by atoms with Crippen LogP contribution in [0.25, 0.3) is 0 Å². The Bertz CT molecular complexity index is 120. The van der Waals surface area contributed by atoms with E-state index in [1.165, 1.54) is 19.3 Å². The predicted octanol–water partition coefficient (Wildman–Crippen LogP) is 0.916. The van der Waals surface area contributed by atoms with Crippen molar-refractivity contribution < 1.29 is 9.84 Å². The summed E-state index contributed by atoms with van der Waals surface area (Å²) in [5, 5.41) is 12.1. The molecule has 2 N–H and O–H groups in total. The van der Waals surface area contributed by atoms with E-state index in [0.717, 1.165) is 19.6 Å². The van der Waals surface area contributed by atoms with Crippen molar-refractivity contribution in [1.29, 1.82) is 0 Å². The molecular weight excluding hydrogens is 166 g/mol. The van der Waals surface area contributed by atoms with E-state index >= 15 is 0 Å². The van der Waals surface area contributed by atoms with E-state index in [1.54, 1.807) is 0 Å². The standard InChI is InChI=1S/C10H21NO2/c1-2-11-9(6-7-12)8-13-10-4-3-5-10/h9-12H,2-8H2,1H3. The van der Waals surface area contributed by atoms with Gasteiger partial charge in [-0.1, -0.05) is 6.92 Å². The lowest BCUT2D eigenvalue weighted by Crippen LogP contribution is -2.36. The second kappa shape index (κ2) is 6.35. The third-order valence-electron chi connectivity index (χ3n) is 2.56. The van der Waals surface area contributed by atoms with Crippen molar-refractivity contribution in [3.8, 4) is 0 Å². The lowest BCUT2D eigenvalue weighted by Gasteiger charge is -2.28. The van der Waals surface area contributed by atoms with Crippen molar-refractivity contribution in [2.24, 2.45) is 0 Å². The van der Waals surface area contributed by atoms with Crippen LogP contribution in [0.2, 0.25) is 0 Å². The fraction of sp³-hybridized carbons (Fsp3) is 1.00. The van der Waals surface area contributed by atoms with E-state index in [0.29, 0.717) is 12.1 Å². The highest BCUT2D eigenvalue weighted by atomic mass is 16.5. The molecule has 13 heavy (non-hydrogen) atoms. The van der Waals surface area contributed by atoms with Crippen LogP contribution in [0.4, 0.5) is 0 Å². The molecule has 3 heteroatoms. The Morgan fingerprint density at radius 2 is 2.31 bits per heavy atom. The predicted molar refractivity (Wildman–Crippen MR) is 52.8 cm³/mol. The van der Waals surface area contributed by atoms with Crippen LogP contribution in [0, 0.1) is 0 Å². The topological polar surface area (TPSA) is 41.5 Å². The molecule has 0 amide bonds. The molecule has 1 rings (SSSR count). The molecule has 1 fully saturated rings. The fourth-order valence-electron chi connectivity index (χ4n) is 1.48. The first-order chi connectivity index (χ1) is 6.36. The molecule has 0 radical (unpaired) electrons. The van der Waals surface area contributed by atoms with Gasteiger partial charge in [-0.05, 0) is 32.2 Å². The van der Waals surface area contributed by atoms with Crippen molar-refractivity contribution in [1.82, 2.24) is 5.32 Å². The van der Waals surface area contributed by atoms with Gasteiger partial charge in [0.2, 0.25) is 0 Å². The average molecular weight is 187 g/mol. The molecule has 78 valence electrons. The summed E-state index contributed by atoms with van der Waals surface area (Å²) in [4.78, 5) is 0. The van der Waals surface area contributed by atoms with Crippen LogP contribution in [-0.2, 0) is 4.74 Å². The number of hydrogen-bond donors (Lipinski definition) is 2. The summed E-state index contributed by atoms with van der Waals surface area (Å²) in [6, 6.07) is 0.329. The number of hydrogen-bond acceptors (Lipinski definition) is 3. The van der Waals surface area contributed by atoms with Gasteiger partial charge in [0.25, 0.3) is 0 Å². The lowest BCUT2D eigenvalue weighted by atomic mass is 9.96. The minimum atomic E-state index is 0.242. The van der Waals surface area contributed by atoms with Gasteiger partial charge in [-0.3, -0.25) is 0 Å². The third-order valence-corrected chi connectivity index (χ3v) is 2.56. The molecule has 1 aliphatic rings. The molecule has 0 heterocycles. The number of aliphatic hydroxyl groups is 1. The first-order valence-corrected chi connectivity index (χ1v) is 5.32. The van der Waals surface area contributed by atoms with Crippen molar-refractivity contribution in [2.45, 2.75) is 44.8 Å². The number of aliphatic hydroxyl groups excluding tert-OH is 1. The third kappa shape index (κ3) is 4.07. The molecular formula is C10H21NO2. The van der Waals surface area contributed by atoms with Crippen LogP contribution >= 0.6 is 0 Å². The van der Waals surface area contributed by atoms with E-state index in [1.807, 2.05) is 0 Å². The average Bonchev–Trinajstić information content (AvgIpc) is 2.02. The van der Waals surface area contributed by atoms with Crippen LogP contribution in [0.5, 0.6) is 0 Å². The van der Waals surface area contributed by atoms with Crippen molar-refractivity contribution >= 4 is 0 Å². The lowest BCUT2D eigenvalue weighted by molar-refractivity contribution is -0.0109. The summed E-state index contributed by atoms with van der Waals surface area (Å²) < 4.78 is 5.67. The Morgan fingerprint density at radius 1 is 1.54 bits per heavy atom. The summed E-state index contributed by atoms with van der Waals surface area (Å²) in [6.07, 6.45) is 5.05. The zero-order valence-corrected chi connectivity index (χ0v) is 8.46. The molecule has 0 spiro atoms. The summed E-state index contributed by atoms with van der Waals surface area (Å²) in [5.41, 5.74) is 0. The molecule has 0 bridgehead atoms. The molecule has 1 unspecified atom stereocenters. The molecule has 0 saturated heterocycles. The Morgan fingerprint density at radius 3 is 2.77 bits per heavy atom. The zero-order valence-electron chi connectivity index (χ0n) is 8.46. The normalized spacial score (nSPS) is 19.8. The number of ether oxygens (including phenoxy) is 1. The number of likely N-dealkylation sites (N-methyl/N-ethyl adjacent to an activating group) is 1. The molecule has 0 aromatic heterocycles. The highest BCUT2D eigenvalue weighted by Gasteiger charge is 2.19. The van der Waals surface area contributed by atoms with E-state index in [2.05, 4.69) is 12.2 Å². The van der Waals surface area contributed by atoms with Crippen molar-refractivity contribution in [3.05, 3.63) is 0 Å². The Hall–Kier alpha value is -0.120. The Labute approximate surface area is 80.5 Å². The zero-order chi connectivity index (χ0) is 9.52. The monoisotopic (exact) mass is 187 g/mol. The summed E-state index contributed by atoms with van der Waals surface area (Å²) >= 11 is 0. The minimum Gasteiger partial charge on any atom is -0.396 e. The van der Waals surface area contributed by atoms with Crippen molar-refractivity contribution in [2.75, 3.05) is 19.8 Å². The highest BCUT2D eigenvalue weighted by Crippen LogP contribution is 2.21. The van der Waals surface area contributed by atoms with E-state index in [-0.39, 0.29) is 6.61 Å². The SMILES string of the molecule is CCNC(CCO)COC1CCC1. The molecule has 0 aliphatic heterocycles. The van der Waals surface area contributed by atoms with Crippen LogP contribution < -0.4 is 5.32 Å². The summed E-state index contributed by atoms with van der Waals surface area (Å²) in [7, 11) is 0. The van der Waals surface area contributed by atoms with E-state index < -0.39 is 0 Å². The number of nitrogens with one attached hydrogen (secondary N) is 1. The van der Waals surface area contributed by atoms with Crippen LogP contribution in [-0.4, -0.2) is 37.0 Å². The van der Waals surface area contributed by atoms with Crippen molar-refractivity contribution in [3.63, 3.8) is 0 Å². The number of rotatable bonds is 7. The van der Waals surface area contributed by atoms with Gasteiger partial charge in [0.1, 0.15) is 0 Å². The van der Waals surface area contributed by atoms with Gasteiger partial charge in [0.15, 0.2) is 0 Å². The molecule has 1 atom stereocenters. The maximum Gasteiger partial charge on any atom is 0.0624 e. The van der Waals surface area contributed by atoms with Gasteiger partial charge < -0.3 is 15.2 Å². The molecule has 1 saturated carbocycles. The first kappa shape index (κ1) is 11.0. The largest absolute Gasteiger partial charge is 0.396 e. The molecule has 0 aromatic carbocycles. The van der Waals surface area contributed by atoms with Gasteiger partial charge in [-0.15, -0.1) is 0 Å². The van der Waals surface area contributed by atoms with Gasteiger partial charge in [0.05, 0.1) is 12.7 Å².